The zero-order valence-corrected chi connectivity index (χ0v) is 50.1. The molecule has 0 aromatic heterocycles. The predicted molar refractivity (Wildman–Crippen MR) is 307 cm³/mol. The number of nitrogens with zero attached hydrogens (tertiary/aromatic N) is 2. The Morgan fingerprint density at radius 2 is 1.12 bits per heavy atom. The van der Waals surface area contributed by atoms with Crippen molar-refractivity contribution in [2.24, 2.45) is 0 Å². The Balaban J connectivity index is 1.45. The minimum atomic E-state index is -5.08. The number of ether oxygens (including phenoxy) is 5. The zero-order valence-electron chi connectivity index (χ0n) is 46.0. The van der Waals surface area contributed by atoms with Crippen LogP contribution in [0.15, 0.2) is 116 Å². The van der Waals surface area contributed by atoms with Gasteiger partial charge in [0.2, 0.25) is 5.69 Å². The van der Waals surface area contributed by atoms with E-state index in [2.05, 4.69) is 0 Å². The van der Waals surface area contributed by atoms with E-state index < -0.39 is 92.7 Å². The van der Waals surface area contributed by atoms with Gasteiger partial charge in [-0.2, -0.15) is 46.7 Å². The molecule has 0 radical (unpaired) electrons. The molecule has 83 heavy (non-hydrogen) atoms. The summed E-state index contributed by atoms with van der Waals surface area (Å²) in [7, 11) is -21.5. The van der Waals surface area contributed by atoms with E-state index in [1.807, 2.05) is 11.5 Å². The lowest BCUT2D eigenvalue weighted by atomic mass is 9.75. The van der Waals surface area contributed by atoms with Crippen molar-refractivity contribution in [3.8, 4) is 0 Å². The third-order valence-corrected chi connectivity index (χ3v) is 18.7. The Kier molecular flexibility index (Phi) is 22.4. The molecule has 2 aliphatic heterocycles. The first-order valence-corrected chi connectivity index (χ1v) is 33.4. The maximum Gasteiger partial charge on any atom is 0.303 e. The van der Waals surface area contributed by atoms with E-state index in [0.29, 0.717) is 86.5 Å². The summed E-state index contributed by atoms with van der Waals surface area (Å²) >= 11 is 0. The number of benzene rings is 4. The smallest absolute Gasteiger partial charge is 0.303 e. The Morgan fingerprint density at radius 1 is 0.566 bits per heavy atom. The minimum absolute atomic E-state index is 0.00852. The van der Waals surface area contributed by atoms with Crippen molar-refractivity contribution in [1.29, 1.82) is 0 Å². The van der Waals surface area contributed by atoms with Gasteiger partial charge in [0.1, 0.15) is 16.3 Å². The van der Waals surface area contributed by atoms with Crippen LogP contribution in [-0.4, -0.2) is 172 Å². The van der Waals surface area contributed by atoms with Crippen LogP contribution in [0.3, 0.4) is 0 Å². The third kappa shape index (κ3) is 16.6. The molecule has 6 rings (SSSR count). The van der Waals surface area contributed by atoms with Crippen LogP contribution in [0, 0.1) is 0 Å². The molecule has 0 bridgehead atoms. The number of hydrogen-bond donors (Lipinski definition) is 6. The fraction of sp³-hybridized carbons (Fsp3) is 0.444. The van der Waals surface area contributed by atoms with Gasteiger partial charge in [0, 0.05) is 85.5 Å². The number of fused-ring (bicyclic) bond motifs is 6. The van der Waals surface area contributed by atoms with Crippen LogP contribution in [-0.2, 0) is 89.9 Å². The van der Waals surface area contributed by atoms with Gasteiger partial charge in [-0.05, 0) is 105 Å². The molecule has 0 saturated carbocycles. The quantitative estimate of drug-likeness (QED) is 0.0125. The largest absolute Gasteiger partial charge is 0.481 e. The summed E-state index contributed by atoms with van der Waals surface area (Å²) in [6, 6.07) is 9.26. The fourth-order valence-corrected chi connectivity index (χ4v) is 13.7. The summed E-state index contributed by atoms with van der Waals surface area (Å²) in [4.78, 5) is 10.4. The summed E-state index contributed by atoms with van der Waals surface area (Å²) in [6.07, 6.45) is 13.1. The molecule has 29 heteroatoms. The third-order valence-electron chi connectivity index (χ3n) is 14.4. The van der Waals surface area contributed by atoms with E-state index in [-0.39, 0.29) is 85.9 Å². The van der Waals surface area contributed by atoms with E-state index in [1.165, 1.54) is 19.2 Å². The number of methoxy groups -OCH3 is 2. The second-order valence-electron chi connectivity index (χ2n) is 20.1. The predicted octanol–water partition coefficient (Wildman–Crippen LogP) is 6.71. The van der Waals surface area contributed by atoms with E-state index in [1.54, 1.807) is 67.5 Å². The number of unbranched alkanes of at least 4 members (excludes halogenated alkanes) is 2. The van der Waals surface area contributed by atoms with Crippen molar-refractivity contribution in [1.82, 2.24) is 0 Å². The first-order valence-electron chi connectivity index (χ1n) is 26.0. The van der Waals surface area contributed by atoms with Crippen LogP contribution in [0.4, 0.5) is 11.4 Å². The number of carbonyl (C=O) groups is 1. The van der Waals surface area contributed by atoms with Crippen molar-refractivity contribution in [3.63, 3.8) is 0 Å². The maximum atomic E-state index is 12.9. The Morgan fingerprint density at radius 3 is 1.71 bits per heavy atom. The van der Waals surface area contributed by atoms with Crippen LogP contribution in [0.1, 0.15) is 69.9 Å². The molecule has 24 nitrogen and oxygen atoms in total. The summed E-state index contributed by atoms with van der Waals surface area (Å²) in [5.74, 6) is -1.63. The number of allylic oxidation sites excluding steroid dienone is 8. The molecule has 2 aliphatic rings. The van der Waals surface area contributed by atoms with Gasteiger partial charge >= 0.3 is 5.97 Å². The summed E-state index contributed by atoms with van der Waals surface area (Å²) in [6.45, 7) is 5.91. The molecule has 0 spiro atoms. The first kappa shape index (κ1) is 66.8. The molecule has 0 fully saturated rings. The highest BCUT2D eigenvalue weighted by atomic mass is 32.2. The normalized spacial score (nSPS) is 18.6. The van der Waals surface area contributed by atoms with Crippen molar-refractivity contribution in [2.75, 3.05) is 90.8 Å². The highest BCUT2D eigenvalue weighted by Gasteiger charge is 2.49. The van der Waals surface area contributed by atoms with Gasteiger partial charge < -0.3 is 33.7 Å². The van der Waals surface area contributed by atoms with Crippen molar-refractivity contribution in [2.45, 2.75) is 89.2 Å². The van der Waals surface area contributed by atoms with Gasteiger partial charge in [-0.1, -0.05) is 36.4 Å². The molecule has 0 saturated heterocycles. The molecule has 0 aliphatic carbocycles. The number of carboxylic acids is 1. The Labute approximate surface area is 483 Å². The van der Waals surface area contributed by atoms with Gasteiger partial charge in [-0.25, -0.2) is 0 Å². The van der Waals surface area contributed by atoms with Gasteiger partial charge in [0.15, 0.2) is 5.71 Å². The average molecular weight is 1260 g/mol. The molecule has 2 atom stereocenters. The molecule has 6 N–H and O–H groups in total. The number of hydrogen-bond acceptors (Lipinski definition) is 17. The van der Waals surface area contributed by atoms with Gasteiger partial charge in [-0.15, -0.1) is 0 Å². The Hall–Kier alpha value is -5.35. The standard InChI is InChI=1S/C54H68N2O22S5/c1-53(21-13-33-79(59,60)61)48(56(24-26-74-3)45-37-47(83(71,72)73)40-18-17-38(80(62,63)64)34-42(40)52(45)53)14-9-6-5-7-10-15-49-54(2,22-25-76-29-30-78-32-31-77-28-27-75-4)51-43-35-39(81(65,66)67)36-46(82(68,69)70)41(43)19-20-44(51)55(49)23-12-8-11-16-50(57)58/h5-7,9-10,14-15,17-20,34-37H,8,11-13,16,21-33H2,1-4H3,(H5-,57,58,59,60,61,62,63,64,65,66,67,68,69,70,71,72,73)/p+1. The Bertz CT molecular complexity index is 3820. The second-order valence-corrected chi connectivity index (χ2v) is 27.2. The van der Waals surface area contributed by atoms with Crippen LogP contribution in [0.25, 0.3) is 21.5 Å². The lowest BCUT2D eigenvalue weighted by molar-refractivity contribution is -0.438. The molecule has 4 aromatic carbocycles. The molecule has 456 valence electrons. The van der Waals surface area contributed by atoms with E-state index in [9.17, 15) is 74.8 Å². The topological polar surface area (TPSA) is 362 Å². The fourth-order valence-electron chi connectivity index (χ4n) is 10.7. The van der Waals surface area contributed by atoms with Crippen LogP contribution in [0.5, 0.6) is 0 Å². The van der Waals surface area contributed by atoms with Gasteiger partial charge in [0.25, 0.3) is 50.6 Å². The van der Waals surface area contributed by atoms with Crippen LogP contribution < -0.4 is 4.90 Å². The monoisotopic (exact) mass is 1260 g/mol. The van der Waals surface area contributed by atoms with Crippen molar-refractivity contribution < 1.29 is 103 Å². The molecule has 2 unspecified atom stereocenters. The summed E-state index contributed by atoms with van der Waals surface area (Å²) in [5, 5.41) is 9.31. The van der Waals surface area contributed by atoms with Crippen molar-refractivity contribution >= 4 is 95.2 Å². The second kappa shape index (κ2) is 27.8. The van der Waals surface area contributed by atoms with Crippen LogP contribution in [0.2, 0.25) is 0 Å². The highest BCUT2D eigenvalue weighted by Crippen LogP contribution is 2.55. The molecular weight excluding hydrogens is 1190 g/mol. The summed E-state index contributed by atoms with van der Waals surface area (Å²) < 4.78 is 207. The summed E-state index contributed by atoms with van der Waals surface area (Å²) in [5.41, 5.74) is 0.168. The van der Waals surface area contributed by atoms with E-state index >= 15 is 0 Å². The lowest BCUT2D eigenvalue weighted by Gasteiger charge is -2.30. The number of rotatable bonds is 33. The molecule has 0 amide bonds. The average Bonchev–Trinajstić information content (AvgIpc) is 4.04. The lowest BCUT2D eigenvalue weighted by Crippen LogP contribution is -2.33. The SMILES string of the molecule is COCCOCCOCCOCCC1(C)C(C=CC=CC=CC=C2N(CCOC)c3cc(S(=O)(=O)O)c4ccc(S(=O)(=O)O)cc4c3C2(C)CCCS(=O)(=O)O)=[N+](CCCCCC(=O)O)c2ccc3c(S(=O)(=O)O)cc(S(=O)(=O)O)cc3c21. The molecule has 2 heterocycles. The van der Waals surface area contributed by atoms with Crippen LogP contribution >= 0.6 is 0 Å². The number of carboxylic acid groups (broad SMARTS) is 1. The number of aliphatic carboxylic acids is 1. The van der Waals surface area contributed by atoms with Gasteiger partial charge in [0.05, 0.1) is 67.2 Å². The van der Waals surface area contributed by atoms with E-state index in [4.69, 9.17) is 23.7 Å². The molecular formula is C54H69N2O22S5+. The van der Waals surface area contributed by atoms with Crippen molar-refractivity contribution in [3.05, 3.63) is 108 Å². The number of anilines is 1. The maximum absolute atomic E-state index is 12.9. The van der Waals surface area contributed by atoms with E-state index in [0.717, 1.165) is 24.3 Å². The zero-order chi connectivity index (χ0) is 61.2. The van der Waals surface area contributed by atoms with Gasteiger partial charge in [-0.3, -0.25) is 27.6 Å². The molecule has 4 aromatic rings. The minimum Gasteiger partial charge on any atom is -0.481 e. The highest BCUT2D eigenvalue weighted by molar-refractivity contribution is 7.87. The first-order chi connectivity index (χ1) is 38.9.